The van der Waals surface area contributed by atoms with E-state index in [1.807, 2.05) is 64.1 Å². The van der Waals surface area contributed by atoms with Crippen LogP contribution in [0.15, 0.2) is 53.9 Å². The number of hydrogen-bond donors (Lipinski definition) is 1. The Bertz CT molecular complexity index is 1000. The number of hydrogen-bond acceptors (Lipinski definition) is 4. The highest BCUT2D eigenvalue weighted by Gasteiger charge is 2.26. The first kappa shape index (κ1) is 19.3. The molecule has 0 bridgehead atoms. The fourth-order valence-corrected chi connectivity index (χ4v) is 5.07. The maximum atomic E-state index is 13.3. The van der Waals surface area contributed by atoms with Crippen molar-refractivity contribution in [1.82, 2.24) is 19.5 Å². The van der Waals surface area contributed by atoms with Crippen molar-refractivity contribution in [3.8, 4) is 0 Å². The van der Waals surface area contributed by atoms with Crippen molar-refractivity contribution in [2.45, 2.75) is 45.2 Å². The van der Waals surface area contributed by atoms with Crippen LogP contribution in [0.1, 0.15) is 33.9 Å². The summed E-state index contributed by atoms with van der Waals surface area (Å²) in [6, 6.07) is 11.1. The molecule has 1 N–H and O–H groups in total. The molecule has 0 saturated carbocycles. The average molecular weight is 385 g/mol. The molecule has 7 heteroatoms. The fraction of sp³-hybridized carbons (Fsp3) is 0.300. The first-order chi connectivity index (χ1) is 12.8. The molecular weight excluding hydrogens is 360 g/mol. The summed E-state index contributed by atoms with van der Waals surface area (Å²) in [5.74, 6) is 0. The molecule has 3 aromatic rings. The van der Waals surface area contributed by atoms with Gasteiger partial charge in [0, 0.05) is 0 Å². The number of rotatable bonds is 6. The predicted octanol–water partition coefficient (Wildman–Crippen LogP) is 3.23. The van der Waals surface area contributed by atoms with Crippen LogP contribution >= 0.6 is 0 Å². The van der Waals surface area contributed by atoms with Crippen LogP contribution in [0.4, 0.5) is 0 Å². The first-order valence-corrected chi connectivity index (χ1v) is 10.2. The molecule has 0 fully saturated rings. The third-order valence-electron chi connectivity index (χ3n) is 4.90. The van der Waals surface area contributed by atoms with Gasteiger partial charge in [-0.1, -0.05) is 36.4 Å². The van der Waals surface area contributed by atoms with Gasteiger partial charge < -0.3 is 0 Å². The summed E-state index contributed by atoms with van der Waals surface area (Å²) in [6.07, 6.45) is 3.02. The molecule has 1 heterocycles. The third kappa shape index (κ3) is 4.09. The van der Waals surface area contributed by atoms with Crippen LogP contribution in [0.5, 0.6) is 0 Å². The molecule has 142 valence electrons. The highest BCUT2D eigenvalue weighted by atomic mass is 32.2. The minimum atomic E-state index is -3.73. The van der Waals surface area contributed by atoms with E-state index < -0.39 is 16.1 Å². The average Bonchev–Trinajstić information content (AvgIpc) is 3.13. The molecule has 0 amide bonds. The second-order valence-corrected chi connectivity index (χ2v) is 8.44. The van der Waals surface area contributed by atoms with E-state index in [0.717, 1.165) is 27.8 Å². The standard InChI is InChI=1S/C20H24N4O2S/c1-14-10-15(2)17(4)20(16(14)3)27(25,26)23-19(11-24-13-21-12-22-24)18-8-6-5-7-9-18/h5-10,12-13,19,23H,11H2,1-4H3. The minimum Gasteiger partial charge on any atom is -0.251 e. The molecule has 1 unspecified atom stereocenters. The minimum absolute atomic E-state index is 0.353. The molecule has 0 aliphatic carbocycles. The molecular formula is C20H24N4O2S. The maximum absolute atomic E-state index is 13.3. The van der Waals surface area contributed by atoms with Gasteiger partial charge in [0.2, 0.25) is 10.0 Å². The summed E-state index contributed by atoms with van der Waals surface area (Å²) >= 11 is 0. The second kappa shape index (κ2) is 7.62. The Kier molecular flexibility index (Phi) is 5.43. The molecule has 27 heavy (non-hydrogen) atoms. The topological polar surface area (TPSA) is 76.9 Å². The van der Waals surface area contributed by atoms with Gasteiger partial charge in [-0.2, -0.15) is 5.10 Å². The summed E-state index contributed by atoms with van der Waals surface area (Å²) < 4.78 is 31.2. The van der Waals surface area contributed by atoms with Crippen molar-refractivity contribution in [2.75, 3.05) is 0 Å². The number of sulfonamides is 1. The van der Waals surface area contributed by atoms with E-state index in [1.165, 1.54) is 6.33 Å². The van der Waals surface area contributed by atoms with Crippen molar-refractivity contribution >= 4 is 10.0 Å². The van der Waals surface area contributed by atoms with E-state index in [1.54, 1.807) is 11.0 Å². The normalized spacial score (nSPS) is 12.9. The van der Waals surface area contributed by atoms with E-state index in [2.05, 4.69) is 14.8 Å². The molecule has 0 saturated heterocycles. The van der Waals surface area contributed by atoms with E-state index in [9.17, 15) is 8.42 Å². The smallest absolute Gasteiger partial charge is 0.241 e. The Morgan fingerprint density at radius 3 is 2.22 bits per heavy atom. The molecule has 0 spiro atoms. The lowest BCUT2D eigenvalue weighted by Crippen LogP contribution is -2.32. The molecule has 0 aliphatic heterocycles. The van der Waals surface area contributed by atoms with E-state index >= 15 is 0 Å². The van der Waals surface area contributed by atoms with Crippen LogP contribution < -0.4 is 4.72 Å². The van der Waals surface area contributed by atoms with Crippen LogP contribution in [-0.4, -0.2) is 23.2 Å². The molecule has 0 radical (unpaired) electrons. The second-order valence-electron chi connectivity index (χ2n) is 6.79. The highest BCUT2D eigenvalue weighted by Crippen LogP contribution is 2.28. The summed E-state index contributed by atoms with van der Waals surface area (Å²) in [4.78, 5) is 4.31. The lowest BCUT2D eigenvalue weighted by Gasteiger charge is -2.22. The Morgan fingerprint density at radius 2 is 1.67 bits per heavy atom. The van der Waals surface area contributed by atoms with Crippen LogP contribution in [0, 0.1) is 27.7 Å². The Morgan fingerprint density at radius 1 is 1.04 bits per heavy atom. The fourth-order valence-electron chi connectivity index (χ4n) is 3.24. The van der Waals surface area contributed by atoms with Crippen LogP contribution in [-0.2, 0) is 16.6 Å². The van der Waals surface area contributed by atoms with E-state index in [4.69, 9.17) is 0 Å². The van der Waals surface area contributed by atoms with Crippen molar-refractivity contribution in [3.63, 3.8) is 0 Å². The molecule has 2 aromatic carbocycles. The number of nitrogens with one attached hydrogen (secondary N) is 1. The number of aromatic nitrogens is 3. The van der Waals surface area contributed by atoms with Crippen molar-refractivity contribution in [3.05, 3.63) is 76.9 Å². The number of nitrogens with zero attached hydrogens (tertiary/aromatic N) is 3. The Hall–Kier alpha value is -2.51. The summed E-state index contributed by atoms with van der Waals surface area (Å²) in [7, 11) is -3.73. The molecule has 0 aliphatic rings. The van der Waals surface area contributed by atoms with Gasteiger partial charge in [-0.3, -0.25) is 4.68 Å². The predicted molar refractivity (Wildman–Crippen MR) is 105 cm³/mol. The van der Waals surface area contributed by atoms with Gasteiger partial charge in [-0.15, -0.1) is 0 Å². The summed E-state index contributed by atoms with van der Waals surface area (Å²) in [5.41, 5.74) is 4.35. The van der Waals surface area contributed by atoms with Crippen molar-refractivity contribution in [2.24, 2.45) is 0 Å². The van der Waals surface area contributed by atoms with Gasteiger partial charge in [0.1, 0.15) is 12.7 Å². The zero-order valence-corrected chi connectivity index (χ0v) is 16.8. The Labute approximate surface area is 160 Å². The lowest BCUT2D eigenvalue weighted by molar-refractivity contribution is 0.482. The van der Waals surface area contributed by atoms with Crippen LogP contribution in [0.2, 0.25) is 0 Å². The van der Waals surface area contributed by atoms with Gasteiger partial charge >= 0.3 is 0 Å². The summed E-state index contributed by atoms with van der Waals surface area (Å²) in [5, 5.41) is 4.12. The number of aryl methyl sites for hydroxylation is 2. The van der Waals surface area contributed by atoms with Gasteiger partial charge in [0.15, 0.2) is 0 Å². The third-order valence-corrected chi connectivity index (χ3v) is 6.65. The van der Waals surface area contributed by atoms with Gasteiger partial charge in [-0.05, 0) is 55.5 Å². The molecule has 3 rings (SSSR count). The number of benzene rings is 2. The molecule has 1 atom stereocenters. The maximum Gasteiger partial charge on any atom is 0.241 e. The van der Waals surface area contributed by atoms with Crippen LogP contribution in [0.3, 0.4) is 0 Å². The van der Waals surface area contributed by atoms with E-state index in [-0.39, 0.29) is 0 Å². The van der Waals surface area contributed by atoms with Crippen molar-refractivity contribution in [1.29, 1.82) is 0 Å². The van der Waals surface area contributed by atoms with E-state index in [0.29, 0.717) is 11.4 Å². The summed E-state index contributed by atoms with van der Waals surface area (Å²) in [6.45, 7) is 7.93. The van der Waals surface area contributed by atoms with Crippen LogP contribution in [0.25, 0.3) is 0 Å². The van der Waals surface area contributed by atoms with Gasteiger partial charge in [0.25, 0.3) is 0 Å². The van der Waals surface area contributed by atoms with Gasteiger partial charge in [0.05, 0.1) is 17.5 Å². The van der Waals surface area contributed by atoms with Crippen molar-refractivity contribution < 1.29 is 8.42 Å². The molecule has 1 aromatic heterocycles. The zero-order chi connectivity index (χ0) is 19.6. The highest BCUT2D eigenvalue weighted by molar-refractivity contribution is 7.89. The lowest BCUT2D eigenvalue weighted by atomic mass is 10.0. The zero-order valence-electron chi connectivity index (χ0n) is 16.0. The molecule has 6 nitrogen and oxygen atoms in total. The Balaban J connectivity index is 2.03. The monoisotopic (exact) mass is 384 g/mol. The SMILES string of the molecule is Cc1cc(C)c(C)c(S(=O)(=O)NC(Cn2cncn2)c2ccccc2)c1C. The largest absolute Gasteiger partial charge is 0.251 e. The van der Waals surface area contributed by atoms with Gasteiger partial charge in [-0.25, -0.2) is 18.1 Å². The quantitative estimate of drug-likeness (QED) is 0.708. The first-order valence-electron chi connectivity index (χ1n) is 8.76.